The Kier molecular flexibility index (Phi) is 10.1. The van der Waals surface area contributed by atoms with Gasteiger partial charge in [0.2, 0.25) is 0 Å². The molecule has 6 aromatic carbocycles. The van der Waals surface area contributed by atoms with Gasteiger partial charge in [0.15, 0.2) is 0 Å². The number of hydrogen-bond acceptors (Lipinski definition) is 10. The molecule has 0 atom stereocenters. The summed E-state index contributed by atoms with van der Waals surface area (Å²) in [6.07, 6.45) is 0. The fourth-order valence-corrected chi connectivity index (χ4v) is 6.07. The number of anilines is 2. The molecule has 1 radical (unpaired) electrons. The minimum absolute atomic E-state index is 0. The van der Waals surface area contributed by atoms with Crippen molar-refractivity contribution in [3.05, 3.63) is 115 Å². The van der Waals surface area contributed by atoms with Crippen molar-refractivity contribution in [1.82, 2.24) is 0 Å². The Bertz CT molecular complexity index is 2470. The maximum Gasteiger partial charge on any atom is 0.296 e. The van der Waals surface area contributed by atoms with Crippen LogP contribution in [-0.2, 0) is 20.2 Å². The van der Waals surface area contributed by atoms with Gasteiger partial charge in [-0.2, -0.15) is 21.9 Å². The van der Waals surface area contributed by atoms with Gasteiger partial charge in [0.05, 0.1) is 27.6 Å². The summed E-state index contributed by atoms with van der Waals surface area (Å²) in [5, 5.41) is 32.9. The van der Waals surface area contributed by atoms with E-state index in [2.05, 4.69) is 25.8 Å². The molecule has 0 saturated heterocycles. The third-order valence-corrected chi connectivity index (χ3v) is 8.97. The van der Waals surface area contributed by atoms with Gasteiger partial charge in [-0.1, -0.05) is 54.1 Å². The molecule has 0 heterocycles. The number of nitrogens with zero attached hydrogens (tertiary/aromatic N) is 4. The predicted octanol–water partition coefficient (Wildman–Crippen LogP) is 8.69. The first-order valence-corrected chi connectivity index (χ1v) is 16.8. The molecule has 4 N–H and O–H groups in total. The van der Waals surface area contributed by atoms with E-state index in [9.17, 15) is 31.0 Å². The first-order valence-electron chi connectivity index (χ1n) is 13.9. The maximum absolute atomic E-state index is 12.2. The second-order valence-electron chi connectivity index (χ2n) is 10.5. The number of rotatable bonds is 8. The number of phenols is 1. The van der Waals surface area contributed by atoms with Crippen LogP contribution in [-0.4, -0.2) is 60.6 Å². The number of azo groups is 2. The van der Waals surface area contributed by atoms with Gasteiger partial charge in [0, 0.05) is 51.4 Å². The predicted molar refractivity (Wildman–Crippen MR) is 184 cm³/mol. The summed E-state index contributed by atoms with van der Waals surface area (Å²) in [4.78, 5) is -0.653. The van der Waals surface area contributed by atoms with Crippen molar-refractivity contribution in [2.24, 2.45) is 20.5 Å². The van der Waals surface area contributed by atoms with E-state index in [1.807, 2.05) is 19.1 Å². The van der Waals surface area contributed by atoms with Crippen LogP contribution in [0, 0.1) is 6.92 Å². The summed E-state index contributed by atoms with van der Waals surface area (Å²) in [7, 11) is -9.03. The van der Waals surface area contributed by atoms with E-state index in [4.69, 9.17) is 0 Å². The van der Waals surface area contributed by atoms with Crippen LogP contribution in [0.1, 0.15) is 5.56 Å². The molecule has 0 unspecified atom stereocenters. The monoisotopic (exact) mass is 690 g/mol. The van der Waals surface area contributed by atoms with Gasteiger partial charge >= 0.3 is 0 Å². The van der Waals surface area contributed by atoms with Crippen LogP contribution in [0.5, 0.6) is 5.75 Å². The number of aromatic hydroxyl groups is 1. The SMILES string of the molecule is Cc1ccc(Nc2ccc(N=Nc3ccc(N=Nc4c(O)ccc5cc(S(=O)(=O)O)ccc45)c4ccccc34)cc2S(=O)(=O)O)cc1.[Na]. The molecule has 12 nitrogen and oxygen atoms in total. The molecule has 0 fully saturated rings. The minimum Gasteiger partial charge on any atom is -0.506 e. The summed E-state index contributed by atoms with van der Waals surface area (Å²) >= 11 is 0. The van der Waals surface area contributed by atoms with E-state index in [1.54, 1.807) is 54.6 Å². The van der Waals surface area contributed by atoms with E-state index in [0.717, 1.165) is 5.56 Å². The summed E-state index contributed by atoms with van der Waals surface area (Å²) in [5.74, 6) is -0.181. The molecule has 237 valence electrons. The summed E-state index contributed by atoms with van der Waals surface area (Å²) in [6, 6.07) is 28.8. The molecule has 0 aliphatic rings. The maximum atomic E-state index is 12.2. The Morgan fingerprint density at radius 1 is 0.625 bits per heavy atom. The molecule has 6 rings (SSSR count). The van der Waals surface area contributed by atoms with E-state index < -0.39 is 20.2 Å². The zero-order valence-electron chi connectivity index (χ0n) is 25.5. The number of fused-ring (bicyclic) bond motifs is 2. The summed E-state index contributed by atoms with van der Waals surface area (Å²) < 4.78 is 66.9. The Hall–Kier alpha value is -4.54. The average molecular weight is 691 g/mol. The minimum atomic E-state index is -4.61. The van der Waals surface area contributed by atoms with Gasteiger partial charge in [-0.05, 0) is 73.0 Å². The Morgan fingerprint density at radius 2 is 1.27 bits per heavy atom. The second-order valence-corrected chi connectivity index (χ2v) is 13.3. The molecule has 0 aromatic heterocycles. The topological polar surface area (TPSA) is 190 Å². The van der Waals surface area contributed by atoms with E-state index in [1.165, 1.54) is 42.5 Å². The largest absolute Gasteiger partial charge is 0.506 e. The molecule has 6 aromatic rings. The van der Waals surface area contributed by atoms with Gasteiger partial charge < -0.3 is 10.4 Å². The number of benzene rings is 6. The molecule has 0 spiro atoms. The van der Waals surface area contributed by atoms with Gasteiger partial charge in [-0.25, -0.2) is 0 Å². The van der Waals surface area contributed by atoms with Crippen LogP contribution >= 0.6 is 0 Å². The summed E-state index contributed by atoms with van der Waals surface area (Å²) in [5.41, 5.74) is 3.02. The molecule has 15 heteroatoms. The quantitative estimate of drug-likeness (QED) is 0.0692. The van der Waals surface area contributed by atoms with Crippen molar-refractivity contribution in [1.29, 1.82) is 0 Å². The number of nitrogens with one attached hydrogen (secondary N) is 1. The van der Waals surface area contributed by atoms with Crippen LogP contribution in [0.2, 0.25) is 0 Å². The van der Waals surface area contributed by atoms with E-state index >= 15 is 0 Å². The standard InChI is InChI=1S/C33H25N5O7S2.Na/c1-20-6-9-22(10-7-20)34-30-14-11-23(19-32(30)47(43,44)45)35-36-28-15-16-29(27-5-3-2-4-26(27)28)37-38-33-25-13-12-24(46(40,41)42)18-21(25)8-17-31(33)39;/h2-19,34,39H,1H3,(H,40,41,42)(H,43,44,45);. The van der Waals surface area contributed by atoms with Crippen LogP contribution in [0.3, 0.4) is 0 Å². The van der Waals surface area contributed by atoms with Crippen molar-refractivity contribution in [2.75, 3.05) is 5.32 Å². The fourth-order valence-electron chi connectivity index (χ4n) is 4.88. The molecule has 0 amide bonds. The van der Waals surface area contributed by atoms with Crippen LogP contribution in [0.25, 0.3) is 21.5 Å². The van der Waals surface area contributed by atoms with Crippen molar-refractivity contribution >= 4 is 105 Å². The van der Waals surface area contributed by atoms with Crippen LogP contribution < -0.4 is 5.32 Å². The molecule has 48 heavy (non-hydrogen) atoms. The number of hydrogen-bond donors (Lipinski definition) is 4. The average Bonchev–Trinajstić information content (AvgIpc) is 3.04. The molecule has 0 aliphatic heterocycles. The van der Waals surface area contributed by atoms with Crippen LogP contribution in [0.4, 0.5) is 34.1 Å². The zero-order chi connectivity index (χ0) is 33.3. The van der Waals surface area contributed by atoms with Gasteiger partial charge in [-0.3, -0.25) is 9.11 Å². The van der Waals surface area contributed by atoms with Gasteiger partial charge in [0.25, 0.3) is 20.2 Å². The fraction of sp³-hybridized carbons (Fsp3) is 0.0303. The summed E-state index contributed by atoms with van der Waals surface area (Å²) in [6.45, 7) is 1.93. The van der Waals surface area contributed by atoms with Crippen molar-refractivity contribution in [2.45, 2.75) is 16.7 Å². The Morgan fingerprint density at radius 3 is 1.90 bits per heavy atom. The van der Waals surface area contributed by atoms with Crippen molar-refractivity contribution in [3.8, 4) is 5.75 Å². The van der Waals surface area contributed by atoms with Gasteiger partial charge in [0.1, 0.15) is 16.3 Å². The molecule has 0 aliphatic carbocycles. The van der Waals surface area contributed by atoms with Crippen molar-refractivity contribution in [3.63, 3.8) is 0 Å². The smallest absolute Gasteiger partial charge is 0.296 e. The Labute approximate surface area is 297 Å². The second kappa shape index (κ2) is 13.9. The first kappa shape index (κ1) is 34.8. The Balaban J connectivity index is 0.00000451. The molecular weight excluding hydrogens is 666 g/mol. The molecular formula is C33H25N5NaO7S2. The van der Waals surface area contributed by atoms with E-state index in [0.29, 0.717) is 38.6 Å². The van der Waals surface area contributed by atoms with Crippen LogP contribution in [0.15, 0.2) is 139 Å². The van der Waals surface area contributed by atoms with Crippen molar-refractivity contribution < 1.29 is 31.0 Å². The van der Waals surface area contributed by atoms with Gasteiger partial charge in [-0.15, -0.1) is 15.3 Å². The zero-order valence-corrected chi connectivity index (χ0v) is 29.1. The first-order chi connectivity index (χ1) is 22.4. The third-order valence-electron chi connectivity index (χ3n) is 7.22. The number of phenolic OH excluding ortho intramolecular Hbond substituents is 1. The number of aryl methyl sites for hydroxylation is 1. The normalized spacial score (nSPS) is 12.1. The third kappa shape index (κ3) is 7.61. The molecule has 0 saturated carbocycles. The van der Waals surface area contributed by atoms with E-state index in [-0.39, 0.29) is 62.2 Å². The molecule has 0 bridgehead atoms.